The topological polar surface area (TPSA) is 88.0 Å². The highest BCUT2D eigenvalue weighted by Crippen LogP contribution is 2.25. The summed E-state index contributed by atoms with van der Waals surface area (Å²) >= 11 is 0. The van der Waals surface area contributed by atoms with E-state index in [1.807, 2.05) is 7.05 Å². The third-order valence-corrected chi connectivity index (χ3v) is 6.77. The van der Waals surface area contributed by atoms with Gasteiger partial charge in [0.25, 0.3) is 5.69 Å². The number of carbonyl (C=O) groups excluding carboxylic acids is 1. The van der Waals surface area contributed by atoms with Crippen LogP contribution in [-0.4, -0.2) is 66.7 Å². The lowest BCUT2D eigenvalue weighted by Crippen LogP contribution is -2.42. The number of unbranched alkanes of at least 4 members (excludes halogenated alkanes) is 5. The molecule has 0 bridgehead atoms. The van der Waals surface area contributed by atoms with E-state index in [0.29, 0.717) is 11.8 Å². The lowest BCUT2D eigenvalue weighted by atomic mass is 9.92. The molecular formula is C26H44N4O4. The highest BCUT2D eigenvalue weighted by Gasteiger charge is 2.27. The fraction of sp³-hybridized carbons (Fsp3) is 0.731. The van der Waals surface area contributed by atoms with Crippen LogP contribution in [-0.2, 0) is 4.74 Å². The second-order valence-corrected chi connectivity index (χ2v) is 9.57. The van der Waals surface area contributed by atoms with E-state index < -0.39 is 4.92 Å². The van der Waals surface area contributed by atoms with Crippen molar-refractivity contribution in [3.8, 4) is 0 Å². The van der Waals surface area contributed by atoms with E-state index in [-0.39, 0.29) is 17.8 Å². The van der Waals surface area contributed by atoms with Crippen LogP contribution in [0.2, 0.25) is 0 Å². The van der Waals surface area contributed by atoms with Crippen LogP contribution < -0.4 is 5.32 Å². The molecule has 8 heteroatoms. The molecule has 34 heavy (non-hydrogen) atoms. The molecule has 2 amide bonds. The Morgan fingerprint density at radius 1 is 1.00 bits per heavy atom. The van der Waals surface area contributed by atoms with E-state index in [2.05, 4.69) is 24.2 Å². The number of nitro benzene ring substituents is 1. The van der Waals surface area contributed by atoms with Crippen LogP contribution in [0.3, 0.4) is 0 Å². The number of ether oxygens (including phenoxy) is 1. The van der Waals surface area contributed by atoms with Gasteiger partial charge >= 0.3 is 6.03 Å². The van der Waals surface area contributed by atoms with Gasteiger partial charge in [-0.15, -0.1) is 0 Å². The number of hydrogen-bond donors (Lipinski definition) is 1. The highest BCUT2D eigenvalue weighted by molar-refractivity contribution is 5.89. The molecule has 0 unspecified atom stereocenters. The number of rotatable bonds is 15. The van der Waals surface area contributed by atoms with Crippen LogP contribution in [0.25, 0.3) is 0 Å². The van der Waals surface area contributed by atoms with Gasteiger partial charge in [-0.05, 0) is 77.2 Å². The van der Waals surface area contributed by atoms with E-state index >= 15 is 0 Å². The third-order valence-electron chi connectivity index (χ3n) is 6.77. The van der Waals surface area contributed by atoms with Crippen molar-refractivity contribution >= 4 is 17.4 Å². The number of urea groups is 1. The monoisotopic (exact) mass is 476 g/mol. The van der Waals surface area contributed by atoms with Crippen molar-refractivity contribution in [1.29, 1.82) is 0 Å². The molecule has 0 atom stereocenters. The summed E-state index contributed by atoms with van der Waals surface area (Å²) in [4.78, 5) is 27.1. The van der Waals surface area contributed by atoms with Crippen molar-refractivity contribution in [1.82, 2.24) is 9.80 Å². The van der Waals surface area contributed by atoms with E-state index in [9.17, 15) is 14.9 Å². The molecule has 0 saturated heterocycles. The van der Waals surface area contributed by atoms with Crippen molar-refractivity contribution in [2.75, 3.05) is 39.1 Å². The molecule has 2 rings (SSSR count). The summed E-state index contributed by atoms with van der Waals surface area (Å²) in [5.41, 5.74) is 0.567. The smallest absolute Gasteiger partial charge is 0.321 e. The van der Waals surface area contributed by atoms with Gasteiger partial charge in [-0.3, -0.25) is 10.1 Å². The number of anilines is 1. The first kappa shape index (κ1) is 28.1. The molecule has 1 aliphatic rings. The molecule has 0 aliphatic heterocycles. The summed E-state index contributed by atoms with van der Waals surface area (Å²) in [6, 6.07) is 5.90. The molecule has 8 nitrogen and oxygen atoms in total. The molecule has 192 valence electrons. The fourth-order valence-corrected chi connectivity index (χ4v) is 4.47. The molecule has 1 N–H and O–H groups in total. The van der Waals surface area contributed by atoms with Gasteiger partial charge in [0, 0.05) is 37.5 Å². The molecule has 0 aromatic heterocycles. The summed E-state index contributed by atoms with van der Waals surface area (Å²) in [5, 5.41) is 13.6. The summed E-state index contributed by atoms with van der Waals surface area (Å²) in [6.45, 7) is 5.49. The molecule has 1 aliphatic carbocycles. The Morgan fingerprint density at radius 3 is 2.24 bits per heavy atom. The van der Waals surface area contributed by atoms with Crippen LogP contribution in [0, 0.1) is 10.1 Å². The van der Waals surface area contributed by atoms with E-state index in [0.717, 1.165) is 38.7 Å². The van der Waals surface area contributed by atoms with Crippen molar-refractivity contribution in [3.63, 3.8) is 0 Å². The van der Waals surface area contributed by atoms with Gasteiger partial charge in [0.2, 0.25) is 0 Å². The maximum absolute atomic E-state index is 12.6. The first-order chi connectivity index (χ1) is 16.4. The standard InChI is InChI=1S/C26H44N4O4/c1-4-5-8-19-28(2)20-9-6-7-10-21-34-25-17-15-23(16-18-25)29(3)26(31)27-22-11-13-24(14-12-22)30(32)33/h11-14,23,25H,4-10,15-21H2,1-3H3,(H,27,31). The zero-order chi connectivity index (χ0) is 24.8. The minimum atomic E-state index is -0.451. The lowest BCUT2D eigenvalue weighted by molar-refractivity contribution is -0.384. The zero-order valence-corrected chi connectivity index (χ0v) is 21.3. The number of amides is 2. The quantitative estimate of drug-likeness (QED) is 0.189. The van der Waals surface area contributed by atoms with Crippen molar-refractivity contribution < 1.29 is 14.5 Å². The number of nitro groups is 1. The maximum Gasteiger partial charge on any atom is 0.321 e. The Hall–Kier alpha value is -2.19. The van der Waals surface area contributed by atoms with Crippen LogP contribution in [0.4, 0.5) is 16.2 Å². The number of carbonyl (C=O) groups is 1. The number of nitrogens with one attached hydrogen (secondary N) is 1. The Balaban J connectivity index is 1.54. The van der Waals surface area contributed by atoms with Gasteiger partial charge < -0.3 is 19.9 Å². The predicted octanol–water partition coefficient (Wildman–Crippen LogP) is 6.07. The number of non-ortho nitro benzene ring substituents is 1. The number of benzene rings is 1. The molecule has 1 fully saturated rings. The summed E-state index contributed by atoms with van der Waals surface area (Å²) in [5.74, 6) is 0. The largest absolute Gasteiger partial charge is 0.378 e. The summed E-state index contributed by atoms with van der Waals surface area (Å²) in [6.07, 6.45) is 12.9. The minimum Gasteiger partial charge on any atom is -0.378 e. The van der Waals surface area contributed by atoms with Gasteiger partial charge in [-0.2, -0.15) is 0 Å². The van der Waals surface area contributed by atoms with Gasteiger partial charge in [0.15, 0.2) is 0 Å². The third kappa shape index (κ3) is 10.4. The zero-order valence-electron chi connectivity index (χ0n) is 21.3. The Labute approximate surface area is 205 Å². The SMILES string of the molecule is CCCCCN(C)CCCCCCOC1CCC(N(C)C(=O)Nc2ccc([N+](=O)[O-])cc2)CC1. The fourth-order valence-electron chi connectivity index (χ4n) is 4.47. The normalized spacial score (nSPS) is 18.1. The Kier molecular flexibility index (Phi) is 12.9. The van der Waals surface area contributed by atoms with E-state index in [4.69, 9.17) is 4.74 Å². The van der Waals surface area contributed by atoms with Crippen LogP contribution in [0.15, 0.2) is 24.3 Å². The van der Waals surface area contributed by atoms with Crippen LogP contribution in [0.5, 0.6) is 0 Å². The molecule has 1 aromatic carbocycles. The lowest BCUT2D eigenvalue weighted by Gasteiger charge is -2.34. The summed E-state index contributed by atoms with van der Waals surface area (Å²) in [7, 11) is 4.04. The predicted molar refractivity (Wildman–Crippen MR) is 137 cm³/mol. The molecule has 0 heterocycles. The molecule has 0 spiro atoms. The average molecular weight is 477 g/mol. The van der Waals surface area contributed by atoms with Crippen LogP contribution in [0.1, 0.15) is 77.6 Å². The van der Waals surface area contributed by atoms with Gasteiger partial charge in [-0.1, -0.05) is 32.6 Å². The van der Waals surface area contributed by atoms with Crippen molar-refractivity contribution in [3.05, 3.63) is 34.4 Å². The van der Waals surface area contributed by atoms with Gasteiger partial charge in [0.05, 0.1) is 11.0 Å². The van der Waals surface area contributed by atoms with E-state index in [1.54, 1.807) is 17.0 Å². The van der Waals surface area contributed by atoms with Gasteiger partial charge in [-0.25, -0.2) is 4.79 Å². The number of hydrogen-bond acceptors (Lipinski definition) is 5. The first-order valence-electron chi connectivity index (χ1n) is 13.0. The Bertz CT molecular complexity index is 720. The van der Waals surface area contributed by atoms with Crippen molar-refractivity contribution in [2.24, 2.45) is 0 Å². The maximum atomic E-state index is 12.6. The second-order valence-electron chi connectivity index (χ2n) is 9.57. The Morgan fingerprint density at radius 2 is 1.62 bits per heavy atom. The second kappa shape index (κ2) is 15.7. The van der Waals surface area contributed by atoms with Crippen molar-refractivity contribution in [2.45, 2.75) is 89.7 Å². The molecular weight excluding hydrogens is 432 g/mol. The van der Waals surface area contributed by atoms with E-state index in [1.165, 1.54) is 63.7 Å². The number of nitrogens with zero attached hydrogens (tertiary/aromatic N) is 3. The van der Waals surface area contributed by atoms with Crippen LogP contribution >= 0.6 is 0 Å². The minimum absolute atomic E-state index is 0.00934. The molecule has 1 aromatic rings. The van der Waals surface area contributed by atoms with Gasteiger partial charge in [0.1, 0.15) is 0 Å². The molecule has 1 saturated carbocycles. The molecule has 0 radical (unpaired) electrons. The average Bonchev–Trinajstić information content (AvgIpc) is 2.84. The first-order valence-corrected chi connectivity index (χ1v) is 13.0. The summed E-state index contributed by atoms with van der Waals surface area (Å²) < 4.78 is 6.11. The highest BCUT2D eigenvalue weighted by atomic mass is 16.6.